The van der Waals surface area contributed by atoms with Crippen LogP contribution in [0.3, 0.4) is 0 Å². The number of nitrogen functional groups attached to an aromatic ring is 1. The molecular formula is C17H19N7. The van der Waals surface area contributed by atoms with E-state index in [1.807, 2.05) is 12.3 Å². The minimum Gasteiger partial charge on any atom is -0.393 e. The van der Waals surface area contributed by atoms with Crippen LogP contribution >= 0.6 is 0 Å². The molecule has 1 aromatic carbocycles. The van der Waals surface area contributed by atoms with Crippen LogP contribution in [0.15, 0.2) is 49.1 Å². The average molecular weight is 321 g/mol. The van der Waals surface area contributed by atoms with E-state index in [4.69, 9.17) is 5.73 Å². The number of aryl methyl sites for hydroxylation is 1. The number of aromatic nitrogens is 4. The van der Waals surface area contributed by atoms with Gasteiger partial charge in [-0.25, -0.2) is 14.6 Å². The highest BCUT2D eigenvalue weighted by Gasteiger charge is 2.18. The number of benzene rings is 1. The van der Waals surface area contributed by atoms with Crippen LogP contribution in [0.25, 0.3) is 5.82 Å². The van der Waals surface area contributed by atoms with Crippen LogP contribution in [0.2, 0.25) is 0 Å². The molecule has 3 aromatic rings. The maximum Gasteiger partial charge on any atom is 0.181 e. The fourth-order valence-corrected chi connectivity index (χ4v) is 2.98. The minimum atomic E-state index is 0.336. The van der Waals surface area contributed by atoms with Gasteiger partial charge < -0.3 is 16.4 Å². The van der Waals surface area contributed by atoms with Crippen molar-refractivity contribution in [1.29, 1.82) is 0 Å². The van der Waals surface area contributed by atoms with E-state index in [9.17, 15) is 0 Å². The summed E-state index contributed by atoms with van der Waals surface area (Å²) in [7, 11) is 0. The van der Waals surface area contributed by atoms with Gasteiger partial charge in [0.15, 0.2) is 11.6 Å². The van der Waals surface area contributed by atoms with Crippen molar-refractivity contribution in [2.24, 2.45) is 0 Å². The van der Waals surface area contributed by atoms with Gasteiger partial charge in [-0.15, -0.1) is 0 Å². The summed E-state index contributed by atoms with van der Waals surface area (Å²) in [5.74, 6) is 1.22. The van der Waals surface area contributed by atoms with Crippen LogP contribution in [-0.2, 0) is 6.42 Å². The summed E-state index contributed by atoms with van der Waals surface area (Å²) < 4.78 is 1.64. The number of nitrogens with zero attached hydrogens (tertiary/aromatic N) is 4. The van der Waals surface area contributed by atoms with Crippen LogP contribution in [-0.4, -0.2) is 32.3 Å². The molecule has 0 saturated heterocycles. The van der Waals surface area contributed by atoms with Gasteiger partial charge in [-0.2, -0.15) is 5.10 Å². The molecule has 7 heteroatoms. The van der Waals surface area contributed by atoms with E-state index in [-0.39, 0.29) is 0 Å². The average Bonchev–Trinajstić information content (AvgIpc) is 3.15. The fourth-order valence-electron chi connectivity index (χ4n) is 2.98. The number of fused-ring (bicyclic) bond motifs is 1. The van der Waals surface area contributed by atoms with Crippen LogP contribution in [0, 0.1) is 0 Å². The Labute approximate surface area is 139 Å². The quantitative estimate of drug-likeness (QED) is 0.681. The van der Waals surface area contributed by atoms with Gasteiger partial charge in [0.25, 0.3) is 0 Å². The lowest BCUT2D eigenvalue weighted by Crippen LogP contribution is -2.32. The largest absolute Gasteiger partial charge is 0.393 e. The van der Waals surface area contributed by atoms with Crippen molar-refractivity contribution in [3.8, 4) is 5.82 Å². The Bertz CT molecular complexity index is 829. The number of rotatable bonds is 4. The summed E-state index contributed by atoms with van der Waals surface area (Å²) >= 11 is 0. The highest BCUT2D eigenvalue weighted by Crippen LogP contribution is 2.25. The number of nitrogens with one attached hydrogen (secondary N) is 2. The zero-order valence-electron chi connectivity index (χ0n) is 13.2. The zero-order chi connectivity index (χ0) is 16.4. The first-order chi connectivity index (χ1) is 11.8. The van der Waals surface area contributed by atoms with E-state index in [0.717, 1.165) is 19.4 Å². The molecule has 0 fully saturated rings. The SMILES string of the molecule is Nc1c(NCC2CCc3ccccc3N2)ncnc1-n1cccn1. The number of hydrogen-bond donors (Lipinski definition) is 3. The third kappa shape index (κ3) is 2.76. The van der Waals surface area contributed by atoms with E-state index in [1.165, 1.54) is 17.6 Å². The molecule has 0 aliphatic carbocycles. The Morgan fingerprint density at radius 1 is 1.25 bits per heavy atom. The Kier molecular flexibility index (Phi) is 3.74. The molecular weight excluding hydrogens is 302 g/mol. The molecule has 7 nitrogen and oxygen atoms in total. The second kappa shape index (κ2) is 6.19. The summed E-state index contributed by atoms with van der Waals surface area (Å²) in [5.41, 5.74) is 9.28. The van der Waals surface area contributed by atoms with Gasteiger partial charge in [0.2, 0.25) is 0 Å². The predicted octanol–water partition coefficient (Wildman–Crippen LogP) is 2.08. The van der Waals surface area contributed by atoms with Gasteiger partial charge in [-0.1, -0.05) is 18.2 Å². The van der Waals surface area contributed by atoms with E-state index in [0.29, 0.717) is 23.4 Å². The van der Waals surface area contributed by atoms with Crippen LogP contribution < -0.4 is 16.4 Å². The number of hydrogen-bond acceptors (Lipinski definition) is 6. The molecule has 24 heavy (non-hydrogen) atoms. The van der Waals surface area contributed by atoms with E-state index >= 15 is 0 Å². The van der Waals surface area contributed by atoms with Crippen molar-refractivity contribution in [2.45, 2.75) is 18.9 Å². The van der Waals surface area contributed by atoms with Crippen molar-refractivity contribution >= 4 is 17.2 Å². The lowest BCUT2D eigenvalue weighted by atomic mass is 9.98. The second-order valence-corrected chi connectivity index (χ2v) is 5.83. The van der Waals surface area contributed by atoms with Crippen molar-refractivity contribution in [2.75, 3.05) is 22.9 Å². The normalized spacial score (nSPS) is 16.2. The predicted molar refractivity (Wildman–Crippen MR) is 94.2 cm³/mol. The van der Waals surface area contributed by atoms with Crippen LogP contribution in [0.5, 0.6) is 0 Å². The monoisotopic (exact) mass is 321 g/mol. The molecule has 0 saturated carbocycles. The highest BCUT2D eigenvalue weighted by atomic mass is 15.3. The number of nitrogens with two attached hydrogens (primary N) is 1. The Balaban J connectivity index is 1.46. The van der Waals surface area contributed by atoms with Crippen molar-refractivity contribution in [3.05, 3.63) is 54.6 Å². The molecule has 122 valence electrons. The molecule has 1 aliphatic heterocycles. The molecule has 0 bridgehead atoms. The smallest absolute Gasteiger partial charge is 0.181 e. The maximum atomic E-state index is 6.20. The van der Waals surface area contributed by atoms with Gasteiger partial charge in [-0.05, 0) is 30.5 Å². The Morgan fingerprint density at radius 3 is 3.04 bits per heavy atom. The second-order valence-electron chi connectivity index (χ2n) is 5.83. The number of para-hydroxylation sites is 1. The van der Waals surface area contributed by atoms with Gasteiger partial charge >= 0.3 is 0 Å². The van der Waals surface area contributed by atoms with Gasteiger partial charge in [0.05, 0.1) is 0 Å². The molecule has 4 rings (SSSR count). The van der Waals surface area contributed by atoms with Crippen molar-refractivity contribution < 1.29 is 0 Å². The van der Waals surface area contributed by atoms with Crippen LogP contribution in [0.1, 0.15) is 12.0 Å². The lowest BCUT2D eigenvalue weighted by Gasteiger charge is -2.27. The van der Waals surface area contributed by atoms with Gasteiger partial charge in [0, 0.05) is 30.7 Å². The molecule has 0 radical (unpaired) electrons. The summed E-state index contributed by atoms with van der Waals surface area (Å²) in [4.78, 5) is 8.48. The van der Waals surface area contributed by atoms with Crippen molar-refractivity contribution in [1.82, 2.24) is 19.7 Å². The summed E-state index contributed by atoms with van der Waals surface area (Å²) in [6.07, 6.45) is 7.15. The number of anilines is 3. The summed E-state index contributed by atoms with van der Waals surface area (Å²) in [6.45, 7) is 0.744. The highest BCUT2D eigenvalue weighted by molar-refractivity contribution is 5.69. The van der Waals surface area contributed by atoms with E-state index < -0.39 is 0 Å². The first-order valence-electron chi connectivity index (χ1n) is 8.00. The molecule has 3 heterocycles. The van der Waals surface area contributed by atoms with E-state index in [2.05, 4.69) is 50.0 Å². The lowest BCUT2D eigenvalue weighted by molar-refractivity contribution is 0.653. The topological polar surface area (TPSA) is 93.7 Å². The minimum absolute atomic E-state index is 0.336. The maximum absolute atomic E-state index is 6.20. The molecule has 1 aliphatic rings. The van der Waals surface area contributed by atoms with Crippen molar-refractivity contribution in [3.63, 3.8) is 0 Å². The third-order valence-corrected chi connectivity index (χ3v) is 4.24. The summed E-state index contributed by atoms with van der Waals surface area (Å²) in [5, 5.41) is 11.1. The standard InChI is InChI=1S/C17H19N7/c18-15-16(20-11-21-17(15)24-9-3-8-22-24)19-10-13-7-6-12-4-1-2-5-14(12)23-13/h1-5,8-9,11,13,23H,6-7,10,18H2,(H,19,20,21). The van der Waals surface area contributed by atoms with E-state index in [1.54, 1.807) is 10.9 Å². The van der Waals surface area contributed by atoms with Gasteiger partial charge in [0.1, 0.15) is 12.0 Å². The first kappa shape index (κ1) is 14.5. The Hall–Kier alpha value is -3.09. The van der Waals surface area contributed by atoms with Gasteiger partial charge in [-0.3, -0.25) is 0 Å². The fraction of sp³-hybridized carbons (Fsp3) is 0.235. The Morgan fingerprint density at radius 2 is 2.17 bits per heavy atom. The summed E-state index contributed by atoms with van der Waals surface area (Å²) in [6, 6.07) is 10.6. The zero-order valence-corrected chi connectivity index (χ0v) is 13.2. The molecule has 0 spiro atoms. The first-order valence-corrected chi connectivity index (χ1v) is 8.00. The molecule has 2 aromatic heterocycles. The van der Waals surface area contributed by atoms with Crippen LogP contribution in [0.4, 0.5) is 17.2 Å². The third-order valence-electron chi connectivity index (χ3n) is 4.24. The molecule has 0 amide bonds. The molecule has 1 unspecified atom stereocenters. The molecule has 4 N–H and O–H groups in total. The molecule has 1 atom stereocenters.